The summed E-state index contributed by atoms with van der Waals surface area (Å²) < 4.78 is 49.0. The summed E-state index contributed by atoms with van der Waals surface area (Å²) in [6.07, 6.45) is 2.13. The van der Waals surface area contributed by atoms with Crippen LogP contribution in [-0.4, -0.2) is 42.4 Å². The molecule has 1 aromatic rings. The minimum Gasteiger partial charge on any atom is -0.269 e. The van der Waals surface area contributed by atoms with E-state index >= 15 is 0 Å². The van der Waals surface area contributed by atoms with E-state index in [0.717, 1.165) is 18.1 Å². The third-order valence-electron chi connectivity index (χ3n) is 2.46. The zero-order chi connectivity index (χ0) is 14.7. The number of anilines is 1. The number of benzene rings is 1. The first-order valence-electron chi connectivity index (χ1n) is 5.59. The second kappa shape index (κ2) is 5.89. The topological polar surface area (TPSA) is 83.6 Å². The lowest BCUT2D eigenvalue weighted by atomic mass is 10.2. The summed E-state index contributed by atoms with van der Waals surface area (Å²) in [5.41, 5.74) is 1.37. The molecule has 0 heterocycles. The van der Waals surface area contributed by atoms with Gasteiger partial charge in [-0.15, -0.1) is 0 Å². The Bertz CT molecular complexity index is 638. The Labute approximate surface area is 114 Å². The Hall–Kier alpha value is -1.12. The molecule has 0 bridgehead atoms. The molecule has 0 unspecified atom stereocenters. The van der Waals surface area contributed by atoms with Crippen LogP contribution in [0.2, 0.25) is 0 Å². The third-order valence-corrected chi connectivity index (χ3v) is 4.37. The van der Waals surface area contributed by atoms with E-state index in [-0.39, 0.29) is 13.1 Å². The Morgan fingerprint density at radius 2 is 1.68 bits per heavy atom. The van der Waals surface area contributed by atoms with Crippen molar-refractivity contribution in [1.29, 1.82) is 0 Å². The molecule has 6 nitrogen and oxygen atoms in total. The Kier molecular flexibility index (Phi) is 4.94. The molecule has 0 aliphatic heterocycles. The Morgan fingerprint density at radius 3 is 2.16 bits per heavy atom. The van der Waals surface area contributed by atoms with Gasteiger partial charge in [0.15, 0.2) is 0 Å². The summed E-state index contributed by atoms with van der Waals surface area (Å²) in [5.74, 6) is 0. The maximum atomic E-state index is 11.8. The fourth-order valence-corrected chi connectivity index (χ4v) is 3.09. The van der Waals surface area contributed by atoms with Crippen LogP contribution in [0.1, 0.15) is 5.56 Å². The quantitative estimate of drug-likeness (QED) is 0.820. The highest BCUT2D eigenvalue weighted by Gasteiger charge is 2.18. The number of hydrogen-bond donors (Lipinski definition) is 1. The van der Waals surface area contributed by atoms with Gasteiger partial charge in [0.2, 0.25) is 20.0 Å². The average molecular weight is 306 g/mol. The molecule has 0 saturated heterocycles. The number of hydrogen-bond acceptors (Lipinski definition) is 4. The lowest BCUT2D eigenvalue weighted by Gasteiger charge is -2.24. The summed E-state index contributed by atoms with van der Waals surface area (Å²) >= 11 is 0. The van der Waals surface area contributed by atoms with Gasteiger partial charge in [-0.2, -0.15) is 0 Å². The van der Waals surface area contributed by atoms with Crippen LogP contribution in [0.15, 0.2) is 24.3 Å². The summed E-state index contributed by atoms with van der Waals surface area (Å²) in [6, 6.07) is 7.05. The zero-order valence-electron chi connectivity index (χ0n) is 11.1. The van der Waals surface area contributed by atoms with Crippen molar-refractivity contribution in [3.63, 3.8) is 0 Å². The number of nitrogens with one attached hydrogen (secondary N) is 1. The normalized spacial score (nSPS) is 12.4. The molecule has 0 aliphatic carbocycles. The van der Waals surface area contributed by atoms with E-state index in [9.17, 15) is 16.8 Å². The molecular formula is C11H18N2O4S2. The van der Waals surface area contributed by atoms with Crippen LogP contribution in [0.5, 0.6) is 0 Å². The second-order valence-corrected chi connectivity index (χ2v) is 8.03. The van der Waals surface area contributed by atoms with Crippen molar-refractivity contribution in [2.45, 2.75) is 6.92 Å². The number of aryl methyl sites for hydroxylation is 1. The molecule has 0 spiro atoms. The van der Waals surface area contributed by atoms with Gasteiger partial charge in [0.05, 0.1) is 18.2 Å². The fraction of sp³-hybridized carbons (Fsp3) is 0.455. The van der Waals surface area contributed by atoms with E-state index in [1.165, 1.54) is 4.31 Å². The maximum absolute atomic E-state index is 11.8. The van der Waals surface area contributed by atoms with Gasteiger partial charge in [0.1, 0.15) is 0 Å². The summed E-state index contributed by atoms with van der Waals surface area (Å²) in [5, 5.41) is 0. The monoisotopic (exact) mass is 306 g/mol. The highest BCUT2D eigenvalue weighted by Crippen LogP contribution is 2.21. The van der Waals surface area contributed by atoms with E-state index in [2.05, 4.69) is 4.72 Å². The average Bonchev–Trinajstić information content (AvgIpc) is 2.23. The summed E-state index contributed by atoms with van der Waals surface area (Å²) in [7, 11) is -6.79. The molecule has 0 atom stereocenters. The van der Waals surface area contributed by atoms with Crippen molar-refractivity contribution in [1.82, 2.24) is 4.72 Å². The van der Waals surface area contributed by atoms with Gasteiger partial charge < -0.3 is 0 Å². The van der Waals surface area contributed by atoms with Crippen LogP contribution in [0.3, 0.4) is 0 Å². The number of sulfonamides is 2. The summed E-state index contributed by atoms with van der Waals surface area (Å²) in [6.45, 7) is 1.88. The van der Waals surface area contributed by atoms with Crippen molar-refractivity contribution in [2.24, 2.45) is 0 Å². The molecule has 19 heavy (non-hydrogen) atoms. The van der Waals surface area contributed by atoms with E-state index in [0.29, 0.717) is 5.69 Å². The predicted octanol–water partition coefficient (Wildman–Crippen LogP) is 0.310. The van der Waals surface area contributed by atoms with Crippen LogP contribution in [0.4, 0.5) is 5.69 Å². The highest BCUT2D eigenvalue weighted by molar-refractivity contribution is 7.92. The van der Waals surface area contributed by atoms with Gasteiger partial charge in [-0.1, -0.05) is 18.2 Å². The smallest absolute Gasteiger partial charge is 0.232 e. The first kappa shape index (κ1) is 15.9. The first-order valence-corrected chi connectivity index (χ1v) is 9.33. The van der Waals surface area contributed by atoms with Gasteiger partial charge >= 0.3 is 0 Å². The molecule has 0 fully saturated rings. The molecule has 1 rings (SSSR count). The van der Waals surface area contributed by atoms with Gasteiger partial charge in [-0.25, -0.2) is 21.6 Å². The molecule has 0 aliphatic rings. The number of para-hydroxylation sites is 1. The van der Waals surface area contributed by atoms with Crippen LogP contribution in [-0.2, 0) is 20.0 Å². The molecule has 108 valence electrons. The fourth-order valence-electron chi connectivity index (χ4n) is 1.64. The van der Waals surface area contributed by atoms with E-state index in [4.69, 9.17) is 0 Å². The van der Waals surface area contributed by atoms with E-state index < -0.39 is 20.0 Å². The highest BCUT2D eigenvalue weighted by atomic mass is 32.2. The minimum absolute atomic E-state index is 0.0280. The maximum Gasteiger partial charge on any atom is 0.232 e. The first-order chi connectivity index (χ1) is 8.61. The van der Waals surface area contributed by atoms with Crippen molar-refractivity contribution in [3.05, 3.63) is 29.8 Å². The number of rotatable bonds is 6. The van der Waals surface area contributed by atoms with E-state index in [1.54, 1.807) is 25.1 Å². The molecule has 1 aromatic carbocycles. The van der Waals surface area contributed by atoms with Crippen molar-refractivity contribution in [3.8, 4) is 0 Å². The molecular weight excluding hydrogens is 288 g/mol. The standard InChI is InChI=1S/C11H18N2O4S2/c1-10-6-4-5-7-11(10)13(19(3,16)17)9-8-12-18(2,14)15/h4-7,12H,8-9H2,1-3H3. The zero-order valence-corrected chi connectivity index (χ0v) is 12.8. The largest absolute Gasteiger partial charge is 0.269 e. The second-order valence-electron chi connectivity index (χ2n) is 4.29. The Morgan fingerprint density at radius 1 is 1.11 bits per heavy atom. The molecule has 0 radical (unpaired) electrons. The van der Waals surface area contributed by atoms with Crippen LogP contribution < -0.4 is 9.03 Å². The van der Waals surface area contributed by atoms with Gasteiger partial charge in [0, 0.05) is 13.1 Å². The van der Waals surface area contributed by atoms with Crippen molar-refractivity contribution in [2.75, 3.05) is 29.9 Å². The summed E-state index contributed by atoms with van der Waals surface area (Å²) in [4.78, 5) is 0. The SMILES string of the molecule is Cc1ccccc1N(CCNS(C)(=O)=O)S(C)(=O)=O. The van der Waals surface area contributed by atoms with Crippen LogP contribution >= 0.6 is 0 Å². The van der Waals surface area contributed by atoms with Crippen molar-refractivity contribution < 1.29 is 16.8 Å². The number of nitrogens with zero attached hydrogens (tertiary/aromatic N) is 1. The van der Waals surface area contributed by atoms with Gasteiger partial charge in [0.25, 0.3) is 0 Å². The molecule has 0 saturated carbocycles. The van der Waals surface area contributed by atoms with Gasteiger partial charge in [-0.05, 0) is 18.6 Å². The molecule has 0 amide bonds. The third kappa shape index (κ3) is 5.17. The van der Waals surface area contributed by atoms with Crippen molar-refractivity contribution >= 4 is 25.7 Å². The predicted molar refractivity (Wildman–Crippen MR) is 76.2 cm³/mol. The molecule has 1 N–H and O–H groups in total. The lowest BCUT2D eigenvalue weighted by molar-refractivity contribution is 0.583. The molecule has 0 aromatic heterocycles. The minimum atomic E-state index is -3.46. The lowest BCUT2D eigenvalue weighted by Crippen LogP contribution is -2.38. The van der Waals surface area contributed by atoms with Gasteiger partial charge in [-0.3, -0.25) is 4.31 Å². The Balaban J connectivity index is 2.96. The molecule has 8 heteroatoms. The van der Waals surface area contributed by atoms with Crippen LogP contribution in [0.25, 0.3) is 0 Å². The van der Waals surface area contributed by atoms with Crippen LogP contribution in [0, 0.1) is 6.92 Å². The van der Waals surface area contributed by atoms with E-state index in [1.807, 2.05) is 6.07 Å².